The van der Waals surface area contributed by atoms with Crippen molar-refractivity contribution >= 4 is 27.0 Å². The molecule has 1 aromatic rings. The summed E-state index contributed by atoms with van der Waals surface area (Å²) in [5.41, 5.74) is 6.12. The molecule has 2 rings (SSSR count). The molecule has 1 saturated heterocycles. The third kappa shape index (κ3) is 3.99. The Balaban J connectivity index is 1.93. The lowest BCUT2D eigenvalue weighted by Gasteiger charge is -2.10. The van der Waals surface area contributed by atoms with Crippen LogP contribution in [0.5, 0.6) is 0 Å². The van der Waals surface area contributed by atoms with Gasteiger partial charge in [0, 0.05) is 12.2 Å². The van der Waals surface area contributed by atoms with Crippen LogP contribution >= 0.6 is 12.2 Å². The van der Waals surface area contributed by atoms with Gasteiger partial charge in [-0.25, -0.2) is 8.42 Å². The Bertz CT molecular complexity index is 563. The second-order valence-corrected chi connectivity index (χ2v) is 7.11. The van der Waals surface area contributed by atoms with Crippen LogP contribution in [0.4, 0.5) is 0 Å². The van der Waals surface area contributed by atoms with Crippen molar-refractivity contribution in [1.29, 1.82) is 0 Å². The van der Waals surface area contributed by atoms with Crippen molar-refractivity contribution in [1.82, 2.24) is 0 Å². The molecule has 1 unspecified atom stereocenters. The van der Waals surface area contributed by atoms with Gasteiger partial charge in [-0.3, -0.25) is 0 Å². The van der Waals surface area contributed by atoms with Gasteiger partial charge in [0.05, 0.1) is 30.0 Å². The molecular weight excluding hydrogens is 298 g/mol. The fraction of sp³-hybridized carbons (Fsp3) is 0.462. The standard InChI is InChI=1S/C13H17NO4S2/c14-13(19)10-1-3-12(4-2-10)20(15,16)8-7-18-11-5-6-17-9-11/h1-4,11H,5-9H2,(H2,14,19). The molecule has 0 spiro atoms. The van der Waals surface area contributed by atoms with Gasteiger partial charge >= 0.3 is 0 Å². The van der Waals surface area contributed by atoms with Crippen molar-refractivity contribution in [3.8, 4) is 0 Å². The minimum absolute atomic E-state index is 0.0159. The smallest absolute Gasteiger partial charge is 0.180 e. The van der Waals surface area contributed by atoms with E-state index in [2.05, 4.69) is 0 Å². The van der Waals surface area contributed by atoms with Crippen molar-refractivity contribution in [2.24, 2.45) is 5.73 Å². The Morgan fingerprint density at radius 2 is 2.10 bits per heavy atom. The summed E-state index contributed by atoms with van der Waals surface area (Å²) < 4.78 is 34.9. The first-order chi connectivity index (χ1) is 9.49. The van der Waals surface area contributed by atoms with Crippen LogP contribution in [-0.4, -0.2) is 45.1 Å². The molecule has 1 atom stereocenters. The minimum Gasteiger partial charge on any atom is -0.389 e. The van der Waals surface area contributed by atoms with Crippen LogP contribution in [-0.2, 0) is 19.3 Å². The molecular formula is C13H17NO4S2. The summed E-state index contributed by atoms with van der Waals surface area (Å²) in [5.74, 6) is -0.0457. The van der Waals surface area contributed by atoms with Gasteiger partial charge in [0.25, 0.3) is 0 Å². The fourth-order valence-corrected chi connectivity index (χ4v) is 3.15. The highest BCUT2D eigenvalue weighted by Crippen LogP contribution is 2.14. The van der Waals surface area contributed by atoms with E-state index in [0.29, 0.717) is 18.8 Å². The van der Waals surface area contributed by atoms with Gasteiger partial charge in [-0.1, -0.05) is 24.4 Å². The van der Waals surface area contributed by atoms with Crippen molar-refractivity contribution < 1.29 is 17.9 Å². The quantitative estimate of drug-likeness (QED) is 0.786. The summed E-state index contributed by atoms with van der Waals surface area (Å²) in [6.07, 6.45) is 0.838. The molecule has 110 valence electrons. The SMILES string of the molecule is NC(=S)c1ccc(S(=O)(=O)CCOC2CCOC2)cc1. The maximum absolute atomic E-state index is 12.1. The van der Waals surface area contributed by atoms with E-state index in [9.17, 15) is 8.42 Å². The second kappa shape index (κ2) is 6.62. The summed E-state index contributed by atoms with van der Waals surface area (Å²) in [6, 6.07) is 6.26. The molecule has 0 radical (unpaired) electrons. The monoisotopic (exact) mass is 315 g/mol. The molecule has 1 aliphatic rings. The molecule has 0 saturated carbocycles. The number of sulfone groups is 1. The summed E-state index contributed by atoms with van der Waals surface area (Å²) in [7, 11) is -3.34. The maximum atomic E-state index is 12.1. The summed E-state index contributed by atoms with van der Waals surface area (Å²) in [5, 5.41) is 0. The Hall–Kier alpha value is -1.02. The van der Waals surface area contributed by atoms with Gasteiger partial charge in [-0.15, -0.1) is 0 Å². The van der Waals surface area contributed by atoms with E-state index in [1.54, 1.807) is 12.1 Å². The predicted octanol–water partition coefficient (Wildman–Crippen LogP) is 0.900. The zero-order valence-corrected chi connectivity index (χ0v) is 12.6. The molecule has 20 heavy (non-hydrogen) atoms. The number of hydrogen-bond donors (Lipinski definition) is 1. The van der Waals surface area contributed by atoms with Crippen molar-refractivity contribution in [2.75, 3.05) is 25.6 Å². The Kier molecular flexibility index (Phi) is 5.09. The van der Waals surface area contributed by atoms with E-state index in [-0.39, 0.29) is 28.3 Å². The van der Waals surface area contributed by atoms with Gasteiger partial charge in [0.2, 0.25) is 0 Å². The zero-order valence-electron chi connectivity index (χ0n) is 10.9. The molecule has 1 aromatic carbocycles. The fourth-order valence-electron chi connectivity index (χ4n) is 1.91. The molecule has 7 heteroatoms. The Morgan fingerprint density at radius 3 is 2.65 bits per heavy atom. The summed E-state index contributed by atoms with van der Waals surface area (Å²) in [4.78, 5) is 0.502. The van der Waals surface area contributed by atoms with Crippen LogP contribution in [0.2, 0.25) is 0 Å². The molecule has 0 bridgehead atoms. The molecule has 2 N–H and O–H groups in total. The highest BCUT2D eigenvalue weighted by atomic mass is 32.2. The van der Waals surface area contributed by atoms with Gasteiger partial charge in [-0.05, 0) is 18.6 Å². The van der Waals surface area contributed by atoms with E-state index >= 15 is 0 Å². The van der Waals surface area contributed by atoms with Gasteiger partial charge in [0.15, 0.2) is 9.84 Å². The zero-order chi connectivity index (χ0) is 14.6. The van der Waals surface area contributed by atoms with Crippen LogP contribution in [0.1, 0.15) is 12.0 Å². The third-order valence-electron chi connectivity index (χ3n) is 3.09. The first kappa shape index (κ1) is 15.4. The number of rotatable bonds is 6. The lowest BCUT2D eigenvalue weighted by molar-refractivity contribution is 0.0520. The van der Waals surface area contributed by atoms with Crippen LogP contribution in [0.15, 0.2) is 29.2 Å². The number of nitrogens with two attached hydrogens (primary N) is 1. The number of ether oxygens (including phenoxy) is 2. The van der Waals surface area contributed by atoms with Crippen molar-refractivity contribution in [3.05, 3.63) is 29.8 Å². The molecule has 0 aliphatic carbocycles. The molecule has 0 amide bonds. The number of thiocarbonyl (C=S) groups is 1. The Morgan fingerprint density at radius 1 is 1.40 bits per heavy atom. The van der Waals surface area contributed by atoms with Gasteiger partial charge < -0.3 is 15.2 Å². The molecule has 0 aromatic heterocycles. The van der Waals surface area contributed by atoms with Crippen molar-refractivity contribution in [2.45, 2.75) is 17.4 Å². The molecule has 1 aliphatic heterocycles. The number of hydrogen-bond acceptors (Lipinski definition) is 5. The minimum atomic E-state index is -3.34. The van der Waals surface area contributed by atoms with Crippen molar-refractivity contribution in [3.63, 3.8) is 0 Å². The van der Waals surface area contributed by atoms with Gasteiger partial charge in [-0.2, -0.15) is 0 Å². The van der Waals surface area contributed by atoms with E-state index < -0.39 is 9.84 Å². The molecule has 5 nitrogen and oxygen atoms in total. The lowest BCUT2D eigenvalue weighted by atomic mass is 10.2. The van der Waals surface area contributed by atoms with Gasteiger partial charge in [0.1, 0.15) is 4.99 Å². The average molecular weight is 315 g/mol. The van der Waals surface area contributed by atoms with Crippen LogP contribution < -0.4 is 5.73 Å². The van der Waals surface area contributed by atoms with Crippen LogP contribution in [0, 0.1) is 0 Å². The molecule has 1 heterocycles. The van der Waals surface area contributed by atoms with Crippen LogP contribution in [0.3, 0.4) is 0 Å². The average Bonchev–Trinajstić information content (AvgIpc) is 2.92. The lowest BCUT2D eigenvalue weighted by Crippen LogP contribution is -2.19. The second-order valence-electron chi connectivity index (χ2n) is 4.56. The first-order valence-electron chi connectivity index (χ1n) is 6.31. The molecule has 1 fully saturated rings. The van der Waals surface area contributed by atoms with E-state index in [1.165, 1.54) is 12.1 Å². The summed E-state index contributed by atoms with van der Waals surface area (Å²) in [6.45, 7) is 1.40. The van der Waals surface area contributed by atoms with E-state index in [0.717, 1.165) is 6.42 Å². The van der Waals surface area contributed by atoms with E-state index in [1.807, 2.05) is 0 Å². The maximum Gasteiger partial charge on any atom is 0.180 e. The predicted molar refractivity (Wildman–Crippen MR) is 79.6 cm³/mol. The highest BCUT2D eigenvalue weighted by molar-refractivity contribution is 7.91. The summed E-state index contributed by atoms with van der Waals surface area (Å²) >= 11 is 4.83. The number of benzene rings is 1. The van der Waals surface area contributed by atoms with Crippen LogP contribution in [0.25, 0.3) is 0 Å². The normalized spacial score (nSPS) is 19.1. The van der Waals surface area contributed by atoms with E-state index in [4.69, 9.17) is 27.4 Å². The highest BCUT2D eigenvalue weighted by Gasteiger charge is 2.19. The largest absolute Gasteiger partial charge is 0.389 e. The Labute approximate surface area is 124 Å². The topological polar surface area (TPSA) is 78.6 Å². The first-order valence-corrected chi connectivity index (χ1v) is 8.37. The third-order valence-corrected chi connectivity index (χ3v) is 5.02.